The quantitative estimate of drug-likeness (QED) is 0.415. The lowest BCUT2D eigenvalue weighted by Gasteiger charge is -2.42. The normalized spacial score (nSPS) is 23.4. The molecule has 1 aliphatic heterocycles. The van der Waals surface area contributed by atoms with Gasteiger partial charge in [0.05, 0.1) is 19.0 Å². The van der Waals surface area contributed by atoms with E-state index in [0.29, 0.717) is 29.9 Å². The molecule has 3 heterocycles. The van der Waals surface area contributed by atoms with Crippen LogP contribution in [-0.4, -0.2) is 61.0 Å². The average molecular weight is 548 g/mol. The number of nitrogens with one attached hydrogen (secondary N) is 1. The summed E-state index contributed by atoms with van der Waals surface area (Å²) < 4.78 is 21.9. The Morgan fingerprint density at radius 3 is 2.32 bits per heavy atom. The minimum Gasteiger partial charge on any atom is -0.413 e. The van der Waals surface area contributed by atoms with Crippen LogP contribution in [0.5, 0.6) is 0 Å². The third kappa shape index (κ3) is 5.71. The number of hydrogen-bond donors (Lipinski definition) is 2. The van der Waals surface area contributed by atoms with Gasteiger partial charge in [0.2, 0.25) is 11.5 Å². The summed E-state index contributed by atoms with van der Waals surface area (Å²) in [6.07, 6.45) is 1.15. The number of nitrogens with two attached hydrogens (primary N) is 1. The van der Waals surface area contributed by atoms with Gasteiger partial charge in [-0.25, -0.2) is 4.98 Å². The molecule has 2 aromatic rings. The summed E-state index contributed by atoms with van der Waals surface area (Å²) >= 11 is 0. The molecular weight excluding hydrogens is 502 g/mol. The molecule has 2 aromatic heterocycles. The summed E-state index contributed by atoms with van der Waals surface area (Å²) in [5, 5.41) is 13.7. The fourth-order valence-electron chi connectivity index (χ4n) is 3.78. The summed E-state index contributed by atoms with van der Waals surface area (Å²) in [5.74, 6) is 0.716. The van der Waals surface area contributed by atoms with Crippen molar-refractivity contribution in [3.8, 4) is 6.07 Å². The zero-order valence-corrected chi connectivity index (χ0v) is 26.4. The van der Waals surface area contributed by atoms with Gasteiger partial charge in [0, 0.05) is 13.0 Å². The predicted molar refractivity (Wildman–Crippen MR) is 152 cm³/mol. The van der Waals surface area contributed by atoms with Gasteiger partial charge in [-0.1, -0.05) is 41.5 Å². The number of ether oxygens (including phenoxy) is 1. The van der Waals surface area contributed by atoms with Crippen molar-refractivity contribution in [3.63, 3.8) is 0 Å². The molecule has 0 bridgehead atoms. The highest BCUT2D eigenvalue weighted by Crippen LogP contribution is 2.46. The van der Waals surface area contributed by atoms with Crippen LogP contribution in [0.15, 0.2) is 6.33 Å². The first-order valence-corrected chi connectivity index (χ1v) is 18.8. The van der Waals surface area contributed by atoms with Crippen molar-refractivity contribution in [3.05, 3.63) is 6.33 Å². The zero-order chi connectivity index (χ0) is 28.0. The van der Waals surface area contributed by atoms with Crippen LogP contribution in [0.1, 0.15) is 61.1 Å². The first-order chi connectivity index (χ1) is 16.9. The summed E-state index contributed by atoms with van der Waals surface area (Å²) in [6.45, 7) is 24.7. The van der Waals surface area contributed by atoms with Crippen molar-refractivity contribution < 1.29 is 13.6 Å². The molecule has 0 saturated carbocycles. The number of anilines is 2. The van der Waals surface area contributed by atoms with Gasteiger partial charge in [0.1, 0.15) is 12.3 Å². The van der Waals surface area contributed by atoms with Gasteiger partial charge >= 0.3 is 0 Å². The topological polar surface area (TPSA) is 133 Å². The molecule has 1 saturated heterocycles. The third-order valence-electron chi connectivity index (χ3n) is 8.26. The van der Waals surface area contributed by atoms with Gasteiger partial charge in [-0.3, -0.25) is 4.57 Å². The summed E-state index contributed by atoms with van der Waals surface area (Å²) in [6, 6.07) is 2.48. The third-order valence-corrected chi connectivity index (χ3v) is 17.2. The van der Waals surface area contributed by atoms with Crippen LogP contribution in [-0.2, 0) is 13.6 Å². The molecule has 0 unspecified atom stereocenters. The molecule has 0 spiro atoms. The van der Waals surface area contributed by atoms with E-state index in [9.17, 15) is 5.26 Å². The molecule has 1 fully saturated rings. The number of rotatable bonds is 8. The Bertz CT molecular complexity index is 1160. The van der Waals surface area contributed by atoms with Crippen LogP contribution < -0.4 is 11.1 Å². The largest absolute Gasteiger partial charge is 0.413 e. The van der Waals surface area contributed by atoms with Gasteiger partial charge in [0.15, 0.2) is 33.6 Å². The maximum Gasteiger partial charge on any atom is 0.224 e. The van der Waals surface area contributed by atoms with Crippen molar-refractivity contribution in [2.75, 3.05) is 24.2 Å². The fraction of sp³-hybridized carbons (Fsp3) is 0.760. The number of imidazole rings is 1. The van der Waals surface area contributed by atoms with E-state index >= 15 is 0 Å². The summed E-state index contributed by atoms with van der Waals surface area (Å²) in [5.41, 5.74) is 5.92. The highest BCUT2D eigenvalue weighted by atomic mass is 28.4. The van der Waals surface area contributed by atoms with E-state index < -0.39 is 34.6 Å². The number of hydrogen-bond acceptors (Lipinski definition) is 9. The number of nitriles is 1. The van der Waals surface area contributed by atoms with Gasteiger partial charge in [-0.05, 0) is 43.2 Å². The van der Waals surface area contributed by atoms with E-state index in [1.807, 2.05) is 11.5 Å². The Morgan fingerprint density at radius 2 is 1.78 bits per heavy atom. The molecule has 0 radical (unpaired) electrons. The van der Waals surface area contributed by atoms with Crippen molar-refractivity contribution in [2.24, 2.45) is 0 Å². The molecule has 1 aliphatic rings. The van der Waals surface area contributed by atoms with E-state index in [1.165, 1.54) is 0 Å². The van der Waals surface area contributed by atoms with Crippen molar-refractivity contribution >= 4 is 39.6 Å². The Balaban J connectivity index is 2.05. The first kappa shape index (κ1) is 29.5. The zero-order valence-electron chi connectivity index (χ0n) is 24.4. The van der Waals surface area contributed by atoms with Gasteiger partial charge in [0.25, 0.3) is 0 Å². The first-order valence-electron chi connectivity index (χ1n) is 13.0. The average Bonchev–Trinajstić information content (AvgIpc) is 3.32. The molecule has 0 aliphatic carbocycles. The number of fused-ring (bicyclic) bond motifs is 1. The SMILES string of the molecule is CCNc1nc(N)nc2c1ncn2[C@H]1C[C@H](O[Si](C)(C)C(C)(C)C)[C@@](C#N)(CO[Si](C)(C)C(C)(C)C)O1. The molecule has 37 heavy (non-hydrogen) atoms. The second kappa shape index (κ2) is 9.92. The molecule has 206 valence electrons. The number of nitrogen functional groups attached to an aromatic ring is 1. The molecular formula is C25H45N7O3Si2. The van der Waals surface area contributed by atoms with Crippen molar-refractivity contribution in [1.82, 2.24) is 19.5 Å². The molecule has 3 N–H and O–H groups in total. The highest BCUT2D eigenvalue weighted by molar-refractivity contribution is 6.74. The Kier molecular flexibility index (Phi) is 7.91. The minimum atomic E-state index is -2.24. The van der Waals surface area contributed by atoms with Gasteiger partial charge < -0.3 is 24.6 Å². The van der Waals surface area contributed by atoms with Crippen LogP contribution in [0.3, 0.4) is 0 Å². The number of nitrogens with zero attached hydrogens (tertiary/aromatic N) is 5. The lowest BCUT2D eigenvalue weighted by atomic mass is 10.00. The predicted octanol–water partition coefficient (Wildman–Crippen LogP) is 5.43. The van der Waals surface area contributed by atoms with E-state index in [-0.39, 0.29) is 22.6 Å². The van der Waals surface area contributed by atoms with Gasteiger partial charge in [-0.2, -0.15) is 15.2 Å². The maximum absolute atomic E-state index is 10.6. The minimum absolute atomic E-state index is 0.00485. The molecule has 3 rings (SSSR count). The van der Waals surface area contributed by atoms with E-state index in [2.05, 4.69) is 94.1 Å². The van der Waals surface area contributed by atoms with Gasteiger partial charge in [-0.15, -0.1) is 0 Å². The Morgan fingerprint density at radius 1 is 1.16 bits per heavy atom. The van der Waals surface area contributed by atoms with E-state index in [4.69, 9.17) is 19.3 Å². The maximum atomic E-state index is 10.6. The molecule has 0 aromatic carbocycles. The Labute approximate surface area is 223 Å². The summed E-state index contributed by atoms with van der Waals surface area (Å²) in [7, 11) is -4.40. The van der Waals surface area contributed by atoms with Crippen molar-refractivity contribution in [1.29, 1.82) is 5.26 Å². The molecule has 10 nitrogen and oxygen atoms in total. The Hall–Kier alpha value is -2.05. The number of aromatic nitrogens is 4. The molecule has 3 atom stereocenters. The molecule has 12 heteroatoms. The second-order valence-corrected chi connectivity index (χ2v) is 22.6. The van der Waals surface area contributed by atoms with Crippen LogP contribution in [0, 0.1) is 11.3 Å². The lowest BCUT2D eigenvalue weighted by molar-refractivity contribution is -0.0851. The standard InChI is InChI=1S/C25H45N7O3Si2/c1-12-28-20-19-21(31-22(27)30-20)32(16-29-19)18-13-17(35-37(10,11)24(5,6)7)25(14-26,34-18)15-33-36(8,9)23(2,3)4/h16-18H,12-13,15H2,1-11H3,(H3,27,28,30,31)/t17-,18+,25+/m0/s1. The molecule has 0 amide bonds. The van der Waals surface area contributed by atoms with E-state index in [0.717, 1.165) is 0 Å². The highest BCUT2D eigenvalue weighted by Gasteiger charge is 2.55. The van der Waals surface area contributed by atoms with Crippen molar-refractivity contribution in [2.45, 2.75) is 109 Å². The summed E-state index contributed by atoms with van der Waals surface area (Å²) in [4.78, 5) is 13.3. The van der Waals surface area contributed by atoms with Crippen LogP contribution in [0.25, 0.3) is 11.2 Å². The van der Waals surface area contributed by atoms with E-state index in [1.54, 1.807) is 6.33 Å². The lowest BCUT2D eigenvalue weighted by Crippen LogP contribution is -2.54. The fourth-order valence-corrected chi connectivity index (χ4v) is 6.14. The monoisotopic (exact) mass is 547 g/mol. The second-order valence-electron chi connectivity index (χ2n) is 13.0. The van der Waals surface area contributed by atoms with Crippen LogP contribution in [0.2, 0.25) is 36.3 Å². The van der Waals surface area contributed by atoms with Crippen LogP contribution >= 0.6 is 0 Å². The van der Waals surface area contributed by atoms with Crippen LogP contribution in [0.4, 0.5) is 11.8 Å². The smallest absolute Gasteiger partial charge is 0.224 e.